The molecule has 6 heteroatoms. The van der Waals surface area contributed by atoms with Crippen molar-refractivity contribution in [2.24, 2.45) is 0 Å². The summed E-state index contributed by atoms with van der Waals surface area (Å²) in [5.41, 5.74) is 1.32. The number of carboxylic acids is 1. The number of carboxylic acid groups (broad SMARTS) is 1. The second kappa shape index (κ2) is 6.53. The van der Waals surface area contributed by atoms with E-state index in [0.717, 1.165) is 12.7 Å². The topological polar surface area (TPSA) is 92.7 Å². The van der Waals surface area contributed by atoms with E-state index in [9.17, 15) is 14.4 Å². The van der Waals surface area contributed by atoms with Crippen molar-refractivity contribution in [1.82, 2.24) is 5.32 Å². The molecule has 19 heavy (non-hydrogen) atoms. The van der Waals surface area contributed by atoms with Gasteiger partial charge in [0.2, 0.25) is 0 Å². The van der Waals surface area contributed by atoms with E-state index in [2.05, 4.69) is 10.1 Å². The number of ether oxygens (including phenoxy) is 1. The number of methoxy groups -OCH3 is 1. The van der Waals surface area contributed by atoms with E-state index >= 15 is 0 Å². The van der Waals surface area contributed by atoms with Crippen molar-refractivity contribution in [3.63, 3.8) is 0 Å². The zero-order valence-electron chi connectivity index (χ0n) is 10.7. The number of aryl methyl sites for hydroxylation is 1. The van der Waals surface area contributed by atoms with Crippen molar-refractivity contribution in [3.8, 4) is 0 Å². The predicted molar refractivity (Wildman–Crippen MR) is 66.7 cm³/mol. The Morgan fingerprint density at radius 3 is 2.32 bits per heavy atom. The van der Waals surface area contributed by atoms with E-state index < -0.39 is 30.3 Å². The average Bonchev–Trinajstić information content (AvgIpc) is 2.38. The third-order valence-corrected chi connectivity index (χ3v) is 2.52. The van der Waals surface area contributed by atoms with Crippen molar-refractivity contribution >= 4 is 17.8 Å². The van der Waals surface area contributed by atoms with Crippen molar-refractivity contribution in [1.29, 1.82) is 0 Å². The molecule has 102 valence electrons. The summed E-state index contributed by atoms with van der Waals surface area (Å²) in [6.45, 7) is 1.87. The van der Waals surface area contributed by atoms with Gasteiger partial charge in [-0.3, -0.25) is 9.59 Å². The fourth-order valence-corrected chi connectivity index (χ4v) is 1.40. The Labute approximate surface area is 110 Å². The highest BCUT2D eigenvalue weighted by Gasteiger charge is 2.24. The normalized spacial score (nSPS) is 11.5. The highest BCUT2D eigenvalue weighted by atomic mass is 16.5. The van der Waals surface area contributed by atoms with Gasteiger partial charge in [0.15, 0.2) is 0 Å². The largest absolute Gasteiger partial charge is 0.480 e. The maximum Gasteiger partial charge on any atom is 0.326 e. The van der Waals surface area contributed by atoms with Crippen LogP contribution in [0.1, 0.15) is 22.3 Å². The molecule has 1 amide bonds. The number of carbonyl (C=O) groups excluding carboxylic acids is 2. The molecule has 0 heterocycles. The van der Waals surface area contributed by atoms with Gasteiger partial charge < -0.3 is 15.2 Å². The van der Waals surface area contributed by atoms with Gasteiger partial charge in [0.1, 0.15) is 6.04 Å². The van der Waals surface area contributed by atoms with E-state index in [4.69, 9.17) is 5.11 Å². The molecule has 2 N–H and O–H groups in total. The second-order valence-corrected chi connectivity index (χ2v) is 4.01. The summed E-state index contributed by atoms with van der Waals surface area (Å²) in [5, 5.41) is 11.2. The van der Waals surface area contributed by atoms with Crippen LogP contribution in [0.4, 0.5) is 0 Å². The molecule has 0 bridgehead atoms. The van der Waals surface area contributed by atoms with Crippen LogP contribution < -0.4 is 5.32 Å². The lowest BCUT2D eigenvalue weighted by Crippen LogP contribution is -2.42. The van der Waals surface area contributed by atoms with E-state index in [0.29, 0.717) is 5.56 Å². The third-order valence-electron chi connectivity index (χ3n) is 2.52. The van der Waals surface area contributed by atoms with Gasteiger partial charge >= 0.3 is 11.9 Å². The van der Waals surface area contributed by atoms with Crippen LogP contribution >= 0.6 is 0 Å². The molecular weight excluding hydrogens is 250 g/mol. The fraction of sp³-hybridized carbons (Fsp3) is 0.308. The molecule has 1 atom stereocenters. The van der Waals surface area contributed by atoms with Crippen LogP contribution in [0, 0.1) is 6.92 Å². The van der Waals surface area contributed by atoms with E-state index in [-0.39, 0.29) is 0 Å². The van der Waals surface area contributed by atoms with Crippen molar-refractivity contribution < 1.29 is 24.2 Å². The van der Waals surface area contributed by atoms with E-state index in [1.54, 1.807) is 24.3 Å². The molecule has 0 aliphatic rings. The number of esters is 1. The summed E-state index contributed by atoms with van der Waals surface area (Å²) in [5.74, 6) is -2.53. The Hall–Kier alpha value is -2.37. The molecule has 0 aliphatic heterocycles. The van der Waals surface area contributed by atoms with Crippen LogP contribution in [-0.4, -0.2) is 36.1 Å². The molecule has 0 unspecified atom stereocenters. The van der Waals surface area contributed by atoms with Crippen LogP contribution in [0.15, 0.2) is 24.3 Å². The summed E-state index contributed by atoms with van der Waals surface area (Å²) in [4.78, 5) is 33.8. The molecule has 0 fully saturated rings. The first-order valence-corrected chi connectivity index (χ1v) is 5.61. The molecule has 1 aromatic carbocycles. The number of hydrogen-bond donors (Lipinski definition) is 2. The van der Waals surface area contributed by atoms with Gasteiger partial charge in [0, 0.05) is 5.56 Å². The smallest absolute Gasteiger partial charge is 0.326 e. The first kappa shape index (κ1) is 14.7. The van der Waals surface area contributed by atoms with Crippen LogP contribution in [0.3, 0.4) is 0 Å². The first-order valence-electron chi connectivity index (χ1n) is 5.61. The maximum atomic E-state index is 11.8. The number of amides is 1. The molecule has 0 saturated heterocycles. The van der Waals surface area contributed by atoms with Gasteiger partial charge in [0.05, 0.1) is 13.5 Å². The lowest BCUT2D eigenvalue weighted by molar-refractivity contribution is -0.147. The highest BCUT2D eigenvalue weighted by Crippen LogP contribution is 2.04. The SMILES string of the molecule is COC(=O)C[C@H](NC(=O)c1ccc(C)cc1)C(=O)O. The Kier molecular flexibility index (Phi) is 5.05. The molecule has 1 aromatic rings. The average molecular weight is 265 g/mol. The zero-order valence-corrected chi connectivity index (χ0v) is 10.7. The Morgan fingerprint density at radius 2 is 1.84 bits per heavy atom. The van der Waals surface area contributed by atoms with Gasteiger partial charge in [-0.1, -0.05) is 17.7 Å². The minimum atomic E-state index is -1.30. The minimum absolute atomic E-state index is 0.335. The van der Waals surface area contributed by atoms with Crippen LogP contribution in [0.5, 0.6) is 0 Å². The lowest BCUT2D eigenvalue weighted by Gasteiger charge is -2.13. The van der Waals surface area contributed by atoms with Crippen LogP contribution in [0.2, 0.25) is 0 Å². The summed E-state index contributed by atoms with van der Waals surface area (Å²) < 4.78 is 4.38. The summed E-state index contributed by atoms with van der Waals surface area (Å²) in [6.07, 6.45) is -0.413. The van der Waals surface area contributed by atoms with Crippen LogP contribution in [-0.2, 0) is 14.3 Å². The van der Waals surface area contributed by atoms with Crippen molar-refractivity contribution in [2.45, 2.75) is 19.4 Å². The maximum absolute atomic E-state index is 11.8. The molecule has 0 aliphatic carbocycles. The number of rotatable bonds is 5. The van der Waals surface area contributed by atoms with Gasteiger partial charge in [-0.15, -0.1) is 0 Å². The molecule has 1 rings (SSSR count). The Bertz CT molecular complexity index is 480. The fourth-order valence-electron chi connectivity index (χ4n) is 1.40. The number of aliphatic carboxylic acids is 1. The predicted octanol–water partition coefficient (Wildman–Crippen LogP) is 0.741. The number of carbonyl (C=O) groups is 3. The molecule has 0 radical (unpaired) electrons. The first-order chi connectivity index (χ1) is 8.93. The second-order valence-electron chi connectivity index (χ2n) is 4.01. The molecule has 0 aromatic heterocycles. The Balaban J connectivity index is 2.73. The zero-order chi connectivity index (χ0) is 14.4. The molecular formula is C13H15NO5. The monoisotopic (exact) mass is 265 g/mol. The van der Waals surface area contributed by atoms with E-state index in [1.165, 1.54) is 0 Å². The van der Waals surface area contributed by atoms with Crippen molar-refractivity contribution in [2.75, 3.05) is 7.11 Å². The summed E-state index contributed by atoms with van der Waals surface area (Å²) >= 11 is 0. The number of benzene rings is 1. The van der Waals surface area contributed by atoms with Gasteiger partial charge in [0.25, 0.3) is 5.91 Å². The number of nitrogens with one attached hydrogen (secondary N) is 1. The van der Waals surface area contributed by atoms with Gasteiger partial charge in [-0.2, -0.15) is 0 Å². The molecule has 6 nitrogen and oxygen atoms in total. The summed E-state index contributed by atoms with van der Waals surface area (Å²) in [6, 6.07) is 5.35. The van der Waals surface area contributed by atoms with Crippen molar-refractivity contribution in [3.05, 3.63) is 35.4 Å². The molecule has 0 spiro atoms. The van der Waals surface area contributed by atoms with Crippen LogP contribution in [0.25, 0.3) is 0 Å². The van der Waals surface area contributed by atoms with E-state index in [1.807, 2.05) is 6.92 Å². The summed E-state index contributed by atoms with van der Waals surface area (Å²) in [7, 11) is 1.16. The minimum Gasteiger partial charge on any atom is -0.480 e. The molecule has 0 saturated carbocycles. The third kappa shape index (κ3) is 4.42. The standard InChI is InChI=1S/C13H15NO5/c1-8-3-5-9(6-4-8)12(16)14-10(13(17)18)7-11(15)19-2/h3-6,10H,7H2,1-2H3,(H,14,16)(H,17,18)/t10-/m0/s1. The highest BCUT2D eigenvalue weighted by molar-refractivity contribution is 5.97. The Morgan fingerprint density at radius 1 is 1.26 bits per heavy atom. The van der Waals surface area contributed by atoms with Gasteiger partial charge in [-0.05, 0) is 19.1 Å². The quantitative estimate of drug-likeness (QED) is 0.766. The lowest BCUT2D eigenvalue weighted by atomic mass is 10.1. The van der Waals surface area contributed by atoms with Gasteiger partial charge in [-0.25, -0.2) is 4.79 Å². The number of hydrogen-bond acceptors (Lipinski definition) is 4.